The standard InChI is InChI=1S/C13H10F9NOS/c14-10(15,11(16,17)12(18,19)13(20,21)22)9(24)23-8-3-1-7(2-4-8)5-6-25/h1-4,25H,5-6H2,(H,23,24). The number of amides is 1. The first kappa shape index (κ1) is 21.5. The Morgan fingerprint density at radius 3 is 1.76 bits per heavy atom. The predicted octanol–water partition coefficient (Wildman–Crippen LogP) is 4.57. The minimum Gasteiger partial charge on any atom is -0.321 e. The molecule has 0 bridgehead atoms. The Kier molecular flexibility index (Phi) is 5.97. The van der Waals surface area contributed by atoms with Crippen LogP contribution >= 0.6 is 12.6 Å². The number of alkyl halides is 9. The first-order chi connectivity index (χ1) is 11.2. The molecule has 142 valence electrons. The molecule has 1 aromatic carbocycles. The van der Waals surface area contributed by atoms with Crippen LogP contribution in [0, 0.1) is 0 Å². The Balaban J connectivity index is 3.05. The number of hydrogen-bond acceptors (Lipinski definition) is 2. The molecule has 0 heterocycles. The molecular weight excluding hydrogens is 389 g/mol. The van der Waals surface area contributed by atoms with Gasteiger partial charge in [0.1, 0.15) is 0 Å². The van der Waals surface area contributed by atoms with Crippen LogP contribution in [0.5, 0.6) is 0 Å². The van der Waals surface area contributed by atoms with E-state index in [0.29, 0.717) is 17.7 Å². The van der Waals surface area contributed by atoms with Gasteiger partial charge in [-0.2, -0.15) is 52.1 Å². The molecule has 1 amide bonds. The van der Waals surface area contributed by atoms with E-state index in [9.17, 15) is 44.3 Å². The molecule has 1 N–H and O–H groups in total. The zero-order valence-electron chi connectivity index (χ0n) is 12.0. The van der Waals surface area contributed by atoms with Gasteiger partial charge < -0.3 is 5.32 Å². The van der Waals surface area contributed by atoms with Gasteiger partial charge >= 0.3 is 29.9 Å². The maximum Gasteiger partial charge on any atom is 0.460 e. The maximum atomic E-state index is 13.4. The Bertz CT molecular complexity index is 613. The summed E-state index contributed by atoms with van der Waals surface area (Å²) in [5.41, 5.74) is 0.146. The molecular formula is C13H10F9NOS. The summed E-state index contributed by atoms with van der Waals surface area (Å²) in [7, 11) is 0. The van der Waals surface area contributed by atoms with E-state index < -0.39 is 35.5 Å². The summed E-state index contributed by atoms with van der Waals surface area (Å²) in [5.74, 6) is -23.0. The Labute approximate surface area is 140 Å². The van der Waals surface area contributed by atoms with Crippen molar-refractivity contribution in [2.45, 2.75) is 30.4 Å². The zero-order valence-corrected chi connectivity index (χ0v) is 12.9. The fourth-order valence-electron chi connectivity index (χ4n) is 1.61. The number of nitrogens with one attached hydrogen (secondary N) is 1. The molecule has 25 heavy (non-hydrogen) atoms. The van der Waals surface area contributed by atoms with Gasteiger partial charge in [-0.3, -0.25) is 4.79 Å². The third kappa shape index (κ3) is 3.98. The Morgan fingerprint density at radius 1 is 0.880 bits per heavy atom. The number of anilines is 1. The predicted molar refractivity (Wildman–Crippen MR) is 73.5 cm³/mol. The highest BCUT2D eigenvalue weighted by Crippen LogP contribution is 2.53. The van der Waals surface area contributed by atoms with E-state index in [-0.39, 0.29) is 0 Å². The molecule has 1 aromatic rings. The SMILES string of the molecule is O=C(Nc1ccc(CCS)cc1)C(F)(F)C(F)(F)C(F)(F)C(F)(F)F. The second-order valence-electron chi connectivity index (χ2n) is 4.85. The second-order valence-corrected chi connectivity index (χ2v) is 5.29. The highest BCUT2D eigenvalue weighted by Gasteiger charge is 2.83. The summed E-state index contributed by atoms with van der Waals surface area (Å²) in [6.45, 7) is 0. The molecule has 0 fully saturated rings. The number of benzene rings is 1. The zero-order chi connectivity index (χ0) is 19.7. The van der Waals surface area contributed by atoms with Crippen LogP contribution in [0.3, 0.4) is 0 Å². The van der Waals surface area contributed by atoms with Gasteiger partial charge in [0.05, 0.1) is 0 Å². The summed E-state index contributed by atoms with van der Waals surface area (Å²) in [6, 6.07) is 4.58. The molecule has 0 atom stereocenters. The molecule has 0 aliphatic rings. The lowest BCUT2D eigenvalue weighted by Gasteiger charge is -2.32. The number of hydrogen-bond donors (Lipinski definition) is 2. The third-order valence-corrected chi connectivity index (χ3v) is 3.27. The van der Waals surface area contributed by atoms with Crippen LogP contribution in [-0.4, -0.2) is 35.6 Å². The van der Waals surface area contributed by atoms with Gasteiger partial charge in [0, 0.05) is 5.69 Å². The number of rotatable bonds is 6. The summed E-state index contributed by atoms with van der Waals surface area (Å²) in [4.78, 5) is 11.2. The number of thiol groups is 1. The molecule has 1 rings (SSSR count). The molecule has 0 spiro atoms. The summed E-state index contributed by atoms with van der Waals surface area (Å²) in [6.07, 6.45) is -6.53. The van der Waals surface area contributed by atoms with Crippen LogP contribution in [0.25, 0.3) is 0 Å². The molecule has 0 saturated heterocycles. The van der Waals surface area contributed by atoms with Gasteiger partial charge in [0.15, 0.2) is 0 Å². The first-order valence-electron chi connectivity index (χ1n) is 6.40. The van der Waals surface area contributed by atoms with Gasteiger partial charge in [-0.15, -0.1) is 0 Å². The van der Waals surface area contributed by atoms with Gasteiger partial charge in [-0.05, 0) is 29.9 Å². The van der Waals surface area contributed by atoms with E-state index in [1.165, 1.54) is 17.4 Å². The quantitative estimate of drug-likeness (QED) is 0.533. The average Bonchev–Trinajstić information content (AvgIpc) is 2.47. The lowest BCUT2D eigenvalue weighted by Crippen LogP contribution is -2.64. The van der Waals surface area contributed by atoms with Crippen molar-refractivity contribution in [2.75, 3.05) is 11.1 Å². The second kappa shape index (κ2) is 6.96. The number of carbonyl (C=O) groups excluding carboxylic acids is 1. The third-order valence-electron chi connectivity index (χ3n) is 3.04. The van der Waals surface area contributed by atoms with Crippen molar-refractivity contribution in [1.82, 2.24) is 0 Å². The highest BCUT2D eigenvalue weighted by atomic mass is 32.1. The molecule has 0 radical (unpaired) electrons. The molecule has 0 saturated carbocycles. The highest BCUT2D eigenvalue weighted by molar-refractivity contribution is 7.80. The minimum atomic E-state index is -7.11. The summed E-state index contributed by atoms with van der Waals surface area (Å²) < 4.78 is 114. The van der Waals surface area contributed by atoms with Crippen molar-refractivity contribution < 1.29 is 44.3 Å². The van der Waals surface area contributed by atoms with E-state index in [4.69, 9.17) is 0 Å². The van der Waals surface area contributed by atoms with Gasteiger partial charge in [0.25, 0.3) is 0 Å². The van der Waals surface area contributed by atoms with Crippen LogP contribution in [0.15, 0.2) is 24.3 Å². The maximum absolute atomic E-state index is 13.4. The molecule has 2 nitrogen and oxygen atoms in total. The number of aryl methyl sites for hydroxylation is 1. The molecule has 0 aliphatic heterocycles. The van der Waals surface area contributed by atoms with Crippen molar-refractivity contribution in [1.29, 1.82) is 0 Å². The van der Waals surface area contributed by atoms with Crippen molar-refractivity contribution >= 4 is 24.2 Å². The van der Waals surface area contributed by atoms with Gasteiger partial charge in [-0.25, -0.2) is 0 Å². The number of carbonyl (C=O) groups is 1. The van der Waals surface area contributed by atoms with Crippen LogP contribution in [-0.2, 0) is 11.2 Å². The van der Waals surface area contributed by atoms with E-state index in [1.54, 1.807) is 0 Å². The van der Waals surface area contributed by atoms with Gasteiger partial charge in [-0.1, -0.05) is 12.1 Å². The largest absolute Gasteiger partial charge is 0.460 e. The number of halogens is 9. The molecule has 12 heteroatoms. The fourth-order valence-corrected chi connectivity index (χ4v) is 1.87. The van der Waals surface area contributed by atoms with Crippen molar-refractivity contribution in [3.05, 3.63) is 29.8 Å². The van der Waals surface area contributed by atoms with Crippen LogP contribution in [0.1, 0.15) is 5.56 Å². The van der Waals surface area contributed by atoms with E-state index in [0.717, 1.165) is 12.1 Å². The van der Waals surface area contributed by atoms with Crippen molar-refractivity contribution in [3.63, 3.8) is 0 Å². The van der Waals surface area contributed by atoms with Gasteiger partial charge in [0.2, 0.25) is 0 Å². The van der Waals surface area contributed by atoms with E-state index in [2.05, 4.69) is 12.6 Å². The molecule has 0 unspecified atom stereocenters. The van der Waals surface area contributed by atoms with E-state index >= 15 is 0 Å². The summed E-state index contributed by atoms with van der Waals surface area (Å²) in [5, 5.41) is 1.19. The first-order valence-corrected chi connectivity index (χ1v) is 7.03. The topological polar surface area (TPSA) is 29.1 Å². The van der Waals surface area contributed by atoms with Crippen molar-refractivity contribution in [3.8, 4) is 0 Å². The molecule has 0 aliphatic carbocycles. The summed E-state index contributed by atoms with van der Waals surface area (Å²) >= 11 is 3.92. The van der Waals surface area contributed by atoms with E-state index in [1.807, 2.05) is 0 Å². The lowest BCUT2D eigenvalue weighted by molar-refractivity contribution is -0.388. The lowest BCUT2D eigenvalue weighted by atomic mass is 10.0. The Morgan fingerprint density at radius 2 is 1.36 bits per heavy atom. The molecule has 0 aromatic heterocycles. The average molecular weight is 399 g/mol. The minimum absolute atomic E-state index is 0.419. The van der Waals surface area contributed by atoms with Crippen molar-refractivity contribution in [2.24, 2.45) is 0 Å². The van der Waals surface area contributed by atoms with Crippen LogP contribution in [0.4, 0.5) is 45.2 Å². The normalized spacial score (nSPS) is 13.7. The fraction of sp³-hybridized carbons (Fsp3) is 0.462. The smallest absolute Gasteiger partial charge is 0.321 e. The Hall–Kier alpha value is -1.59. The van der Waals surface area contributed by atoms with Crippen LogP contribution < -0.4 is 5.32 Å². The van der Waals surface area contributed by atoms with Crippen LogP contribution in [0.2, 0.25) is 0 Å². The monoisotopic (exact) mass is 399 g/mol.